The molecule has 1 aromatic carbocycles. The molecule has 0 atom stereocenters. The molecule has 0 unspecified atom stereocenters. The maximum Gasteiger partial charge on any atom is 0.262 e. The molecule has 0 fully saturated rings. The van der Waals surface area contributed by atoms with Gasteiger partial charge in [-0.3, -0.25) is 9.71 Å². The molecule has 2 heterocycles. The van der Waals surface area contributed by atoms with E-state index in [1.54, 1.807) is 13.0 Å². The smallest absolute Gasteiger partial charge is 0.262 e. The topological polar surface area (TPSA) is 72.2 Å². The van der Waals surface area contributed by atoms with Gasteiger partial charge in [-0.1, -0.05) is 12.1 Å². The molecule has 5 nitrogen and oxygen atoms in total. The van der Waals surface area contributed by atoms with Crippen molar-refractivity contribution in [3.63, 3.8) is 0 Å². The molecule has 0 aliphatic heterocycles. The first-order chi connectivity index (χ1) is 11.3. The first-order valence-corrected chi connectivity index (χ1v) is 8.96. The van der Waals surface area contributed by atoms with Crippen LogP contribution < -0.4 is 4.72 Å². The fourth-order valence-corrected chi connectivity index (χ4v) is 3.56. The molecule has 124 valence electrons. The molecule has 6 heteroatoms. The Hall–Kier alpha value is -2.60. The van der Waals surface area contributed by atoms with Gasteiger partial charge >= 0.3 is 0 Å². The van der Waals surface area contributed by atoms with Crippen LogP contribution in [0.1, 0.15) is 17.0 Å². The number of hydrogen-bond acceptors (Lipinski definition) is 4. The summed E-state index contributed by atoms with van der Waals surface area (Å²) < 4.78 is 33.5. The molecule has 0 aliphatic carbocycles. The number of furan rings is 1. The van der Waals surface area contributed by atoms with Crippen molar-refractivity contribution < 1.29 is 12.8 Å². The van der Waals surface area contributed by atoms with Crippen molar-refractivity contribution >= 4 is 15.7 Å². The Balaban J connectivity index is 1.97. The van der Waals surface area contributed by atoms with Crippen molar-refractivity contribution in [1.82, 2.24) is 4.98 Å². The first kappa shape index (κ1) is 16.3. The van der Waals surface area contributed by atoms with E-state index in [1.807, 2.05) is 38.1 Å². The van der Waals surface area contributed by atoms with E-state index in [9.17, 15) is 8.42 Å². The zero-order valence-electron chi connectivity index (χ0n) is 13.7. The molecule has 0 aliphatic rings. The van der Waals surface area contributed by atoms with E-state index in [0.29, 0.717) is 17.1 Å². The van der Waals surface area contributed by atoms with Crippen LogP contribution in [0, 0.1) is 20.8 Å². The molecule has 3 aromatic rings. The van der Waals surface area contributed by atoms with Gasteiger partial charge in [0.2, 0.25) is 0 Å². The van der Waals surface area contributed by atoms with Gasteiger partial charge in [0.1, 0.15) is 11.5 Å². The summed E-state index contributed by atoms with van der Waals surface area (Å²) in [4.78, 5) is 4.22. The highest BCUT2D eigenvalue weighted by Crippen LogP contribution is 2.28. The third kappa shape index (κ3) is 3.33. The van der Waals surface area contributed by atoms with Crippen molar-refractivity contribution in [2.75, 3.05) is 4.72 Å². The van der Waals surface area contributed by atoms with Crippen LogP contribution in [0.4, 0.5) is 5.69 Å². The Labute approximate surface area is 141 Å². The van der Waals surface area contributed by atoms with Gasteiger partial charge in [-0.2, -0.15) is 0 Å². The normalized spacial score (nSPS) is 11.5. The lowest BCUT2D eigenvalue weighted by Crippen LogP contribution is -2.14. The SMILES string of the molecule is Cc1cc(S(=O)(=O)Nc2cc(-c3ccc(C)o3)ccc2C)ccn1. The zero-order valence-corrected chi connectivity index (χ0v) is 14.5. The van der Waals surface area contributed by atoms with E-state index in [2.05, 4.69) is 9.71 Å². The standard InChI is InChI=1S/C18H18N2O3S/c1-12-4-6-15(18-7-5-14(3)23-18)11-17(12)20-24(21,22)16-8-9-19-13(2)10-16/h4-11,20H,1-3H3. The quantitative estimate of drug-likeness (QED) is 0.776. The molecule has 3 rings (SSSR count). The summed E-state index contributed by atoms with van der Waals surface area (Å²) in [7, 11) is -3.67. The number of anilines is 1. The Kier molecular flexibility index (Phi) is 4.15. The predicted molar refractivity (Wildman–Crippen MR) is 93.4 cm³/mol. The fourth-order valence-electron chi connectivity index (χ4n) is 2.37. The molecule has 0 amide bonds. The highest BCUT2D eigenvalue weighted by atomic mass is 32.2. The average molecular weight is 342 g/mol. The minimum absolute atomic E-state index is 0.189. The summed E-state index contributed by atoms with van der Waals surface area (Å²) in [5, 5.41) is 0. The van der Waals surface area contributed by atoms with Gasteiger partial charge in [-0.25, -0.2) is 8.42 Å². The predicted octanol–water partition coefficient (Wildman–Crippen LogP) is 4.07. The van der Waals surface area contributed by atoms with E-state index in [0.717, 1.165) is 16.9 Å². The van der Waals surface area contributed by atoms with Crippen LogP contribution in [0.15, 0.2) is 58.0 Å². The van der Waals surface area contributed by atoms with Crippen molar-refractivity contribution in [3.05, 3.63) is 65.7 Å². The number of pyridine rings is 1. The molecule has 0 radical (unpaired) electrons. The molecule has 0 bridgehead atoms. The number of aryl methyl sites for hydroxylation is 3. The van der Waals surface area contributed by atoms with Gasteiger partial charge in [-0.15, -0.1) is 0 Å². The van der Waals surface area contributed by atoms with E-state index >= 15 is 0 Å². The number of sulfonamides is 1. The van der Waals surface area contributed by atoms with Crippen molar-refractivity contribution in [2.24, 2.45) is 0 Å². The fraction of sp³-hybridized carbons (Fsp3) is 0.167. The zero-order chi connectivity index (χ0) is 17.3. The van der Waals surface area contributed by atoms with Crippen molar-refractivity contribution in [2.45, 2.75) is 25.7 Å². The summed E-state index contributed by atoms with van der Waals surface area (Å²) in [6.45, 7) is 5.48. The molecular formula is C18H18N2O3S. The second kappa shape index (κ2) is 6.13. The van der Waals surface area contributed by atoms with Gasteiger partial charge in [0.05, 0.1) is 10.6 Å². The highest BCUT2D eigenvalue weighted by molar-refractivity contribution is 7.92. The van der Waals surface area contributed by atoms with E-state index in [4.69, 9.17) is 4.42 Å². The van der Waals surface area contributed by atoms with E-state index in [1.165, 1.54) is 18.3 Å². The van der Waals surface area contributed by atoms with E-state index < -0.39 is 10.0 Å². The summed E-state index contributed by atoms with van der Waals surface area (Å²) >= 11 is 0. The van der Waals surface area contributed by atoms with Crippen LogP contribution >= 0.6 is 0 Å². The molecule has 24 heavy (non-hydrogen) atoms. The molecule has 0 spiro atoms. The first-order valence-electron chi connectivity index (χ1n) is 7.48. The lowest BCUT2D eigenvalue weighted by atomic mass is 10.1. The maximum absolute atomic E-state index is 12.6. The van der Waals surface area contributed by atoms with Gasteiger partial charge in [-0.05, 0) is 56.7 Å². The van der Waals surface area contributed by atoms with Gasteiger partial charge in [0.15, 0.2) is 0 Å². The Morgan fingerprint density at radius 2 is 1.79 bits per heavy atom. The summed E-state index contributed by atoms with van der Waals surface area (Å²) in [5.74, 6) is 1.51. The van der Waals surface area contributed by atoms with Crippen LogP contribution in [-0.2, 0) is 10.0 Å². The molecular weight excluding hydrogens is 324 g/mol. The van der Waals surface area contributed by atoms with Crippen LogP contribution in [-0.4, -0.2) is 13.4 Å². The Morgan fingerprint density at radius 3 is 2.46 bits per heavy atom. The Bertz CT molecular complexity index is 991. The van der Waals surface area contributed by atoms with Crippen molar-refractivity contribution in [3.8, 4) is 11.3 Å². The highest BCUT2D eigenvalue weighted by Gasteiger charge is 2.16. The van der Waals surface area contributed by atoms with Crippen molar-refractivity contribution in [1.29, 1.82) is 0 Å². The Morgan fingerprint density at radius 1 is 1.00 bits per heavy atom. The van der Waals surface area contributed by atoms with Crippen LogP contribution in [0.3, 0.4) is 0 Å². The van der Waals surface area contributed by atoms with Gasteiger partial charge in [0.25, 0.3) is 10.0 Å². The number of hydrogen-bond donors (Lipinski definition) is 1. The molecule has 1 N–H and O–H groups in total. The number of nitrogens with zero attached hydrogens (tertiary/aromatic N) is 1. The third-order valence-corrected chi connectivity index (χ3v) is 5.05. The summed E-state index contributed by atoms with van der Waals surface area (Å²) in [5.41, 5.74) is 2.82. The summed E-state index contributed by atoms with van der Waals surface area (Å²) in [6, 6.07) is 12.3. The minimum atomic E-state index is -3.67. The van der Waals surface area contributed by atoms with E-state index in [-0.39, 0.29) is 4.90 Å². The average Bonchev–Trinajstić information content (AvgIpc) is 2.96. The van der Waals surface area contributed by atoms with Crippen LogP contribution in [0.25, 0.3) is 11.3 Å². The van der Waals surface area contributed by atoms with Crippen LogP contribution in [0.5, 0.6) is 0 Å². The molecule has 2 aromatic heterocycles. The summed E-state index contributed by atoms with van der Waals surface area (Å²) in [6.07, 6.45) is 1.48. The third-order valence-electron chi connectivity index (χ3n) is 3.69. The number of benzene rings is 1. The largest absolute Gasteiger partial charge is 0.461 e. The van der Waals surface area contributed by atoms with Gasteiger partial charge < -0.3 is 4.42 Å². The maximum atomic E-state index is 12.6. The number of rotatable bonds is 4. The minimum Gasteiger partial charge on any atom is -0.461 e. The van der Waals surface area contributed by atoms with Crippen LogP contribution in [0.2, 0.25) is 0 Å². The molecule has 0 saturated carbocycles. The van der Waals surface area contributed by atoms with Gasteiger partial charge in [0, 0.05) is 17.5 Å². The monoisotopic (exact) mass is 342 g/mol. The second-order valence-corrected chi connectivity index (χ2v) is 7.36. The lowest BCUT2D eigenvalue weighted by molar-refractivity contribution is 0.548. The number of aromatic nitrogens is 1. The number of nitrogens with one attached hydrogen (secondary N) is 1. The molecule has 0 saturated heterocycles. The second-order valence-electron chi connectivity index (χ2n) is 5.68. The lowest BCUT2D eigenvalue weighted by Gasteiger charge is -2.12.